The van der Waals surface area contributed by atoms with Gasteiger partial charge in [0.05, 0.1) is 6.04 Å². The minimum Gasteiger partial charge on any atom is -0.481 e. The maximum atomic E-state index is 11.8. The van der Waals surface area contributed by atoms with Gasteiger partial charge in [-0.2, -0.15) is 0 Å². The summed E-state index contributed by atoms with van der Waals surface area (Å²) in [5, 5.41) is 11.5. The largest absolute Gasteiger partial charge is 0.481 e. The van der Waals surface area contributed by atoms with E-state index >= 15 is 0 Å². The summed E-state index contributed by atoms with van der Waals surface area (Å²) >= 11 is 0. The number of hydrogen-bond donors (Lipinski definition) is 2. The van der Waals surface area contributed by atoms with E-state index in [1.54, 1.807) is 0 Å². The van der Waals surface area contributed by atoms with Crippen LogP contribution in [-0.2, 0) is 9.59 Å². The summed E-state index contributed by atoms with van der Waals surface area (Å²) in [6, 6.07) is 9.95. The van der Waals surface area contributed by atoms with Crippen LogP contribution in [0.3, 0.4) is 0 Å². The predicted octanol–water partition coefficient (Wildman–Crippen LogP) is 3.68. The molecule has 1 unspecified atom stereocenters. The van der Waals surface area contributed by atoms with Crippen LogP contribution in [0.1, 0.15) is 63.5 Å². The fourth-order valence-electron chi connectivity index (χ4n) is 2.23. The summed E-state index contributed by atoms with van der Waals surface area (Å²) in [4.78, 5) is 22.2. The van der Waals surface area contributed by atoms with Crippen molar-refractivity contribution in [2.75, 3.05) is 0 Å². The molecule has 0 bridgehead atoms. The van der Waals surface area contributed by atoms with Crippen molar-refractivity contribution in [1.82, 2.24) is 5.32 Å². The zero-order valence-corrected chi connectivity index (χ0v) is 12.7. The Morgan fingerprint density at radius 1 is 1.00 bits per heavy atom. The third-order valence-corrected chi connectivity index (χ3v) is 3.47. The van der Waals surface area contributed by atoms with E-state index in [-0.39, 0.29) is 18.4 Å². The molecule has 0 fully saturated rings. The second-order valence-electron chi connectivity index (χ2n) is 5.36. The summed E-state index contributed by atoms with van der Waals surface area (Å²) < 4.78 is 0. The second-order valence-corrected chi connectivity index (χ2v) is 5.36. The average Bonchev–Trinajstić information content (AvgIpc) is 2.46. The first-order valence-corrected chi connectivity index (χ1v) is 7.65. The van der Waals surface area contributed by atoms with Gasteiger partial charge in [-0.25, -0.2) is 0 Å². The average molecular weight is 291 g/mol. The Morgan fingerprint density at radius 2 is 1.57 bits per heavy atom. The van der Waals surface area contributed by atoms with Gasteiger partial charge in [0.15, 0.2) is 0 Å². The standard InChI is InChI=1S/C17H25NO3/c1-14(15-10-6-5-7-11-15)18-16(19)12-8-3-2-4-9-13-17(20)21/h5-7,10-11,14H,2-4,8-9,12-13H2,1H3,(H,18,19)(H,20,21). The summed E-state index contributed by atoms with van der Waals surface area (Å²) in [7, 11) is 0. The zero-order chi connectivity index (χ0) is 15.5. The Morgan fingerprint density at radius 3 is 2.19 bits per heavy atom. The highest BCUT2D eigenvalue weighted by Crippen LogP contribution is 2.12. The Bertz CT molecular complexity index is 431. The topological polar surface area (TPSA) is 66.4 Å². The molecule has 1 aromatic rings. The first-order chi connectivity index (χ1) is 10.1. The number of carboxylic acid groups (broad SMARTS) is 1. The van der Waals surface area contributed by atoms with E-state index in [1.165, 1.54) is 0 Å². The maximum Gasteiger partial charge on any atom is 0.303 e. The van der Waals surface area contributed by atoms with Gasteiger partial charge in [0, 0.05) is 12.8 Å². The van der Waals surface area contributed by atoms with Crippen molar-refractivity contribution in [2.24, 2.45) is 0 Å². The monoisotopic (exact) mass is 291 g/mol. The normalized spacial score (nSPS) is 11.9. The fourth-order valence-corrected chi connectivity index (χ4v) is 2.23. The fraction of sp³-hybridized carbons (Fsp3) is 0.529. The molecule has 4 nitrogen and oxygen atoms in total. The molecule has 0 aromatic heterocycles. The van der Waals surface area contributed by atoms with Gasteiger partial charge in [-0.05, 0) is 25.3 Å². The highest BCUT2D eigenvalue weighted by Gasteiger charge is 2.08. The molecule has 1 rings (SSSR count). The molecule has 0 aliphatic rings. The number of aliphatic carboxylic acids is 1. The maximum absolute atomic E-state index is 11.8. The Labute approximate surface area is 126 Å². The predicted molar refractivity (Wildman–Crippen MR) is 83.0 cm³/mol. The molecule has 1 aromatic carbocycles. The Hall–Kier alpha value is -1.84. The van der Waals surface area contributed by atoms with E-state index in [2.05, 4.69) is 5.32 Å². The number of amides is 1. The molecule has 116 valence electrons. The van der Waals surface area contributed by atoms with Crippen molar-refractivity contribution in [1.29, 1.82) is 0 Å². The number of carboxylic acids is 1. The SMILES string of the molecule is CC(NC(=O)CCCCCCCC(=O)O)c1ccccc1. The van der Waals surface area contributed by atoms with Crippen molar-refractivity contribution in [2.45, 2.75) is 57.9 Å². The minimum atomic E-state index is -0.732. The van der Waals surface area contributed by atoms with Crippen molar-refractivity contribution in [3.8, 4) is 0 Å². The summed E-state index contributed by atoms with van der Waals surface area (Å²) in [6.07, 6.45) is 5.27. The van der Waals surface area contributed by atoms with Crippen LogP contribution in [0.15, 0.2) is 30.3 Å². The van der Waals surface area contributed by atoms with E-state index in [9.17, 15) is 9.59 Å². The van der Waals surface area contributed by atoms with Crippen molar-refractivity contribution < 1.29 is 14.7 Å². The zero-order valence-electron chi connectivity index (χ0n) is 12.7. The minimum absolute atomic E-state index is 0.0364. The van der Waals surface area contributed by atoms with Gasteiger partial charge in [-0.3, -0.25) is 9.59 Å². The van der Waals surface area contributed by atoms with E-state index in [0.29, 0.717) is 6.42 Å². The summed E-state index contributed by atoms with van der Waals surface area (Å²) in [5.74, 6) is -0.652. The number of unbranched alkanes of at least 4 members (excludes halogenated alkanes) is 4. The third-order valence-electron chi connectivity index (χ3n) is 3.47. The Balaban J connectivity index is 2.07. The second kappa shape index (κ2) is 9.97. The van der Waals surface area contributed by atoms with Crippen molar-refractivity contribution in [3.05, 3.63) is 35.9 Å². The molecule has 0 spiro atoms. The van der Waals surface area contributed by atoms with Crippen LogP contribution in [0.25, 0.3) is 0 Å². The highest BCUT2D eigenvalue weighted by atomic mass is 16.4. The first-order valence-electron chi connectivity index (χ1n) is 7.65. The van der Waals surface area contributed by atoms with Crippen molar-refractivity contribution in [3.63, 3.8) is 0 Å². The lowest BCUT2D eigenvalue weighted by atomic mass is 10.1. The molecule has 4 heteroatoms. The number of carbonyl (C=O) groups excluding carboxylic acids is 1. The molecule has 1 atom stereocenters. The van der Waals surface area contributed by atoms with E-state index in [4.69, 9.17) is 5.11 Å². The third kappa shape index (κ3) is 8.12. The Kier molecular flexibility index (Phi) is 8.17. The molecule has 0 aliphatic heterocycles. The smallest absolute Gasteiger partial charge is 0.303 e. The van der Waals surface area contributed by atoms with E-state index < -0.39 is 5.97 Å². The van der Waals surface area contributed by atoms with Gasteiger partial charge < -0.3 is 10.4 Å². The molecule has 2 N–H and O–H groups in total. The molecule has 0 saturated carbocycles. The van der Waals surface area contributed by atoms with E-state index in [0.717, 1.165) is 37.7 Å². The number of nitrogens with one attached hydrogen (secondary N) is 1. The van der Waals surface area contributed by atoms with Gasteiger partial charge in [-0.1, -0.05) is 49.6 Å². The lowest BCUT2D eigenvalue weighted by molar-refractivity contribution is -0.137. The summed E-state index contributed by atoms with van der Waals surface area (Å²) in [5.41, 5.74) is 1.11. The molecule has 0 heterocycles. The van der Waals surface area contributed by atoms with Crippen LogP contribution in [0.2, 0.25) is 0 Å². The van der Waals surface area contributed by atoms with E-state index in [1.807, 2.05) is 37.3 Å². The van der Waals surface area contributed by atoms with Crippen LogP contribution in [0.5, 0.6) is 0 Å². The van der Waals surface area contributed by atoms with Gasteiger partial charge in [0.1, 0.15) is 0 Å². The van der Waals surface area contributed by atoms with Gasteiger partial charge in [0.2, 0.25) is 5.91 Å². The molecule has 0 radical (unpaired) electrons. The van der Waals surface area contributed by atoms with Gasteiger partial charge in [-0.15, -0.1) is 0 Å². The molecular weight excluding hydrogens is 266 g/mol. The number of benzene rings is 1. The van der Waals surface area contributed by atoms with Crippen molar-refractivity contribution >= 4 is 11.9 Å². The molecule has 1 amide bonds. The van der Waals surface area contributed by atoms with Crippen LogP contribution in [-0.4, -0.2) is 17.0 Å². The van der Waals surface area contributed by atoms with Crippen LogP contribution < -0.4 is 5.32 Å². The number of hydrogen-bond acceptors (Lipinski definition) is 2. The quantitative estimate of drug-likeness (QED) is 0.646. The highest BCUT2D eigenvalue weighted by molar-refractivity contribution is 5.76. The van der Waals surface area contributed by atoms with Crippen LogP contribution >= 0.6 is 0 Å². The van der Waals surface area contributed by atoms with Gasteiger partial charge in [0.25, 0.3) is 0 Å². The molecule has 0 saturated heterocycles. The number of carbonyl (C=O) groups is 2. The van der Waals surface area contributed by atoms with Gasteiger partial charge >= 0.3 is 5.97 Å². The number of rotatable bonds is 10. The molecular formula is C17H25NO3. The lowest BCUT2D eigenvalue weighted by Gasteiger charge is -2.14. The molecule has 0 aliphatic carbocycles. The van der Waals surface area contributed by atoms with Crippen LogP contribution in [0, 0.1) is 0 Å². The first kappa shape index (κ1) is 17.2. The van der Waals surface area contributed by atoms with Crippen LogP contribution in [0.4, 0.5) is 0 Å². The molecule has 21 heavy (non-hydrogen) atoms. The lowest BCUT2D eigenvalue weighted by Crippen LogP contribution is -2.26. The summed E-state index contributed by atoms with van der Waals surface area (Å²) in [6.45, 7) is 1.99.